The zero-order valence-corrected chi connectivity index (χ0v) is 28.6. The van der Waals surface area contributed by atoms with Crippen molar-refractivity contribution in [1.29, 1.82) is 0 Å². The maximum absolute atomic E-state index is 12.4. The van der Waals surface area contributed by atoms with Gasteiger partial charge in [0.1, 0.15) is 0 Å². The van der Waals surface area contributed by atoms with Crippen molar-refractivity contribution in [2.24, 2.45) is 0 Å². The third-order valence-corrected chi connectivity index (χ3v) is 9.10. The van der Waals surface area contributed by atoms with Crippen LogP contribution in [0.15, 0.2) is 0 Å². The van der Waals surface area contributed by atoms with E-state index in [1.165, 1.54) is 172 Å². The van der Waals surface area contributed by atoms with Gasteiger partial charge in [-0.25, -0.2) is 0 Å². The van der Waals surface area contributed by atoms with Crippen molar-refractivity contribution in [3.05, 3.63) is 0 Å². The van der Waals surface area contributed by atoms with E-state index >= 15 is 0 Å². The van der Waals surface area contributed by atoms with E-state index in [0.29, 0.717) is 12.8 Å². The summed E-state index contributed by atoms with van der Waals surface area (Å²) in [6.45, 7) is 4.56. The Morgan fingerprint density at radius 2 is 0.525 bits per heavy atom. The molecule has 0 N–H and O–H groups in total. The highest BCUT2D eigenvalue weighted by molar-refractivity contribution is 7.16. The predicted octanol–water partition coefficient (Wildman–Crippen LogP) is 12.7. The molecule has 0 aromatic rings. The lowest BCUT2D eigenvalue weighted by Gasteiger charge is -2.15. The molecular weight excluding hydrogens is 509 g/mol. The molecule has 0 aromatic carbocycles. The standard InChI is InChI=1S/C36H72NO2P/c1-3-5-7-9-11-13-15-17-19-21-23-25-27-29-31-33-35(38)37(40)36(39)34-32-30-28-26-24-22-20-18-16-14-12-10-8-6-4-2/h3-34,40H2,1-2H3. The highest BCUT2D eigenvalue weighted by Crippen LogP contribution is 2.17. The van der Waals surface area contributed by atoms with Gasteiger partial charge in [-0.15, -0.1) is 0 Å². The van der Waals surface area contributed by atoms with E-state index in [2.05, 4.69) is 23.2 Å². The lowest BCUT2D eigenvalue weighted by molar-refractivity contribution is -0.138. The summed E-state index contributed by atoms with van der Waals surface area (Å²) < 4.78 is 1.31. The van der Waals surface area contributed by atoms with Crippen molar-refractivity contribution >= 4 is 21.2 Å². The number of rotatable bonds is 32. The van der Waals surface area contributed by atoms with E-state index in [1.54, 1.807) is 0 Å². The Kier molecular flexibility index (Phi) is 32.7. The Balaban J connectivity index is 3.41. The SMILES string of the molecule is CCCCCCCCCCCCCCCCCC(=O)N(P)C(=O)CCCCCCCCCCCCCCCCC. The van der Waals surface area contributed by atoms with Crippen molar-refractivity contribution in [3.63, 3.8) is 0 Å². The van der Waals surface area contributed by atoms with Crippen molar-refractivity contribution in [2.45, 2.75) is 219 Å². The van der Waals surface area contributed by atoms with Gasteiger partial charge in [0.2, 0.25) is 11.8 Å². The van der Waals surface area contributed by atoms with Gasteiger partial charge in [-0.05, 0) is 22.2 Å². The van der Waals surface area contributed by atoms with Gasteiger partial charge in [0, 0.05) is 12.8 Å². The van der Waals surface area contributed by atoms with E-state index in [4.69, 9.17) is 0 Å². The largest absolute Gasteiger partial charge is 0.274 e. The van der Waals surface area contributed by atoms with Gasteiger partial charge in [0.05, 0.1) is 0 Å². The molecule has 0 aliphatic rings. The third-order valence-electron chi connectivity index (χ3n) is 8.53. The summed E-state index contributed by atoms with van der Waals surface area (Å²) >= 11 is 0. The van der Waals surface area contributed by atoms with Crippen LogP contribution in [0.25, 0.3) is 0 Å². The number of imide groups is 1. The summed E-state index contributed by atoms with van der Waals surface area (Å²) in [7, 11) is 2.37. The molecule has 0 bridgehead atoms. The molecule has 0 radical (unpaired) electrons. The van der Waals surface area contributed by atoms with E-state index in [9.17, 15) is 9.59 Å². The molecule has 238 valence electrons. The van der Waals surface area contributed by atoms with E-state index in [-0.39, 0.29) is 11.8 Å². The van der Waals surface area contributed by atoms with E-state index in [1.807, 2.05) is 0 Å². The van der Waals surface area contributed by atoms with Crippen LogP contribution in [-0.4, -0.2) is 16.5 Å². The van der Waals surface area contributed by atoms with Crippen LogP contribution in [0.5, 0.6) is 0 Å². The van der Waals surface area contributed by atoms with Crippen molar-refractivity contribution < 1.29 is 9.59 Å². The second-order valence-electron chi connectivity index (χ2n) is 12.6. The topological polar surface area (TPSA) is 37.4 Å². The van der Waals surface area contributed by atoms with Crippen molar-refractivity contribution in [1.82, 2.24) is 4.67 Å². The smallest absolute Gasteiger partial charge is 0.232 e. The Bertz CT molecular complexity index is 493. The molecule has 40 heavy (non-hydrogen) atoms. The lowest BCUT2D eigenvalue weighted by atomic mass is 10.0. The molecule has 0 spiro atoms. The molecule has 3 nitrogen and oxygen atoms in total. The summed E-state index contributed by atoms with van der Waals surface area (Å²) in [4.78, 5) is 24.7. The van der Waals surface area contributed by atoms with Gasteiger partial charge in [-0.3, -0.25) is 14.3 Å². The summed E-state index contributed by atoms with van der Waals surface area (Å²) in [6.07, 6.45) is 40.7. The minimum Gasteiger partial charge on any atom is -0.274 e. The molecule has 0 aromatic heterocycles. The number of nitrogens with zero attached hydrogens (tertiary/aromatic N) is 1. The zero-order chi connectivity index (χ0) is 29.4. The predicted molar refractivity (Wildman–Crippen MR) is 181 cm³/mol. The molecular formula is C36H72NO2P. The first-order valence-electron chi connectivity index (χ1n) is 18.2. The molecule has 0 saturated heterocycles. The van der Waals surface area contributed by atoms with Crippen LogP contribution >= 0.6 is 9.39 Å². The second-order valence-corrected chi connectivity index (χ2v) is 13.1. The Morgan fingerprint density at radius 3 is 0.725 bits per heavy atom. The number of hydrogen-bond acceptors (Lipinski definition) is 2. The Morgan fingerprint density at radius 1 is 0.350 bits per heavy atom. The first-order valence-corrected chi connectivity index (χ1v) is 18.8. The zero-order valence-electron chi connectivity index (χ0n) is 27.5. The van der Waals surface area contributed by atoms with Gasteiger partial charge in [-0.2, -0.15) is 0 Å². The molecule has 0 rings (SSSR count). The molecule has 0 saturated carbocycles. The number of unbranched alkanes of at least 4 members (excludes halogenated alkanes) is 28. The first-order chi connectivity index (χ1) is 19.6. The number of carbonyl (C=O) groups excluding carboxylic acids is 2. The minimum absolute atomic E-state index is 0.0225. The molecule has 0 aliphatic heterocycles. The Labute approximate surface area is 254 Å². The van der Waals surface area contributed by atoms with Crippen LogP contribution < -0.4 is 0 Å². The highest BCUT2D eigenvalue weighted by Gasteiger charge is 2.15. The van der Waals surface area contributed by atoms with Crippen LogP contribution in [0.3, 0.4) is 0 Å². The number of amides is 2. The lowest BCUT2D eigenvalue weighted by Crippen LogP contribution is -2.27. The second kappa shape index (κ2) is 33.1. The van der Waals surface area contributed by atoms with Crippen LogP contribution in [0.1, 0.15) is 219 Å². The highest BCUT2D eigenvalue weighted by atomic mass is 31.0. The summed E-state index contributed by atoms with van der Waals surface area (Å²) in [5, 5.41) is 0. The van der Waals surface area contributed by atoms with Crippen LogP contribution in [-0.2, 0) is 9.59 Å². The molecule has 0 heterocycles. The van der Waals surface area contributed by atoms with Crippen LogP contribution in [0.4, 0.5) is 0 Å². The average molecular weight is 582 g/mol. The van der Waals surface area contributed by atoms with Gasteiger partial charge < -0.3 is 0 Å². The average Bonchev–Trinajstić information content (AvgIpc) is 2.96. The van der Waals surface area contributed by atoms with Crippen LogP contribution in [0.2, 0.25) is 0 Å². The van der Waals surface area contributed by atoms with Gasteiger partial charge in [-0.1, -0.05) is 194 Å². The fourth-order valence-corrected chi connectivity index (χ4v) is 5.93. The molecule has 1 unspecified atom stereocenters. The molecule has 0 aliphatic carbocycles. The third kappa shape index (κ3) is 29.1. The summed E-state index contributed by atoms with van der Waals surface area (Å²) in [6, 6.07) is 0. The summed E-state index contributed by atoms with van der Waals surface area (Å²) in [5.41, 5.74) is 0. The van der Waals surface area contributed by atoms with E-state index in [0.717, 1.165) is 25.7 Å². The monoisotopic (exact) mass is 582 g/mol. The maximum Gasteiger partial charge on any atom is 0.232 e. The van der Waals surface area contributed by atoms with Gasteiger partial charge >= 0.3 is 0 Å². The fourth-order valence-electron chi connectivity index (χ4n) is 5.68. The van der Waals surface area contributed by atoms with E-state index < -0.39 is 0 Å². The first kappa shape index (κ1) is 39.6. The Hall–Kier alpha value is -0.430. The van der Waals surface area contributed by atoms with Crippen molar-refractivity contribution in [2.75, 3.05) is 0 Å². The number of hydrogen-bond donors (Lipinski definition) is 0. The number of carbonyl (C=O) groups is 2. The maximum atomic E-state index is 12.4. The quantitative estimate of drug-likeness (QED) is 0.0585. The van der Waals surface area contributed by atoms with Gasteiger partial charge in [0.25, 0.3) is 0 Å². The minimum atomic E-state index is -0.0225. The van der Waals surface area contributed by atoms with Crippen molar-refractivity contribution in [3.8, 4) is 0 Å². The normalized spacial score (nSPS) is 11.3. The molecule has 4 heteroatoms. The van der Waals surface area contributed by atoms with Crippen LogP contribution in [0, 0.1) is 0 Å². The molecule has 0 fully saturated rings. The molecule has 2 amide bonds. The molecule has 1 atom stereocenters. The van der Waals surface area contributed by atoms with Gasteiger partial charge in [0.15, 0.2) is 0 Å². The summed E-state index contributed by atoms with van der Waals surface area (Å²) in [5.74, 6) is -0.0451. The fraction of sp³-hybridized carbons (Fsp3) is 0.944.